The molecule has 0 saturated carbocycles. The second-order valence-electron chi connectivity index (χ2n) is 7.14. The van der Waals surface area contributed by atoms with Gasteiger partial charge in [-0.05, 0) is 71.6 Å². The first kappa shape index (κ1) is 21.6. The molecule has 1 heterocycles. The quantitative estimate of drug-likeness (QED) is 0.679. The monoisotopic (exact) mass is 470 g/mol. The van der Waals surface area contributed by atoms with Crippen LogP contribution >= 0.6 is 15.9 Å². The first-order chi connectivity index (χ1) is 13.8. The van der Waals surface area contributed by atoms with Crippen LogP contribution in [0.1, 0.15) is 25.3 Å². The van der Waals surface area contributed by atoms with E-state index in [1.165, 1.54) is 24.3 Å². The van der Waals surface area contributed by atoms with Crippen molar-refractivity contribution in [1.29, 1.82) is 0 Å². The molecule has 1 aliphatic heterocycles. The molecule has 1 aliphatic rings. The highest BCUT2D eigenvalue weighted by atomic mass is 79.9. The van der Waals surface area contributed by atoms with Crippen molar-refractivity contribution < 1.29 is 22.7 Å². The van der Waals surface area contributed by atoms with Gasteiger partial charge in [0.05, 0.1) is 4.47 Å². The average Bonchev–Trinajstić information content (AvgIpc) is 2.68. The molecular formula is C21H22BrF3N2O2. The standard InChI is InChI=1S/C21H22BrF3N2O2/c1-13(29-20-5-3-15(23)11-17(20)22)21(28)26-16-6-8-27(9-7-16)12-14-2-4-18(24)19(25)10-14/h2-5,10-11,13,16H,6-9,12H2,1H3,(H,26,28). The van der Waals surface area contributed by atoms with E-state index >= 15 is 0 Å². The minimum absolute atomic E-state index is 0.0198. The van der Waals surface area contributed by atoms with Crippen molar-refractivity contribution in [2.75, 3.05) is 13.1 Å². The van der Waals surface area contributed by atoms with Gasteiger partial charge in [0.25, 0.3) is 5.91 Å². The van der Waals surface area contributed by atoms with Crippen LogP contribution in [0.3, 0.4) is 0 Å². The molecule has 0 aliphatic carbocycles. The molecule has 0 bridgehead atoms. The second kappa shape index (κ2) is 9.63. The highest BCUT2D eigenvalue weighted by Crippen LogP contribution is 2.26. The summed E-state index contributed by atoms with van der Waals surface area (Å²) in [6, 6.07) is 7.98. The number of ether oxygens (including phenoxy) is 1. The predicted octanol–water partition coefficient (Wildman–Crippen LogP) is 4.41. The normalized spacial score (nSPS) is 16.4. The van der Waals surface area contributed by atoms with Crippen LogP contribution in [0.4, 0.5) is 13.2 Å². The molecule has 1 saturated heterocycles. The summed E-state index contributed by atoms with van der Waals surface area (Å²) in [5.74, 6) is -1.92. The Bertz CT molecular complexity index is 873. The maximum absolute atomic E-state index is 13.3. The van der Waals surface area contributed by atoms with E-state index in [2.05, 4.69) is 26.1 Å². The maximum atomic E-state index is 13.3. The van der Waals surface area contributed by atoms with Gasteiger partial charge in [0.1, 0.15) is 11.6 Å². The fraction of sp³-hybridized carbons (Fsp3) is 0.381. The van der Waals surface area contributed by atoms with Crippen molar-refractivity contribution in [2.45, 2.75) is 38.5 Å². The molecule has 1 amide bonds. The summed E-state index contributed by atoms with van der Waals surface area (Å²) in [4.78, 5) is 14.6. The van der Waals surface area contributed by atoms with Gasteiger partial charge in [-0.25, -0.2) is 13.2 Å². The van der Waals surface area contributed by atoms with Crippen LogP contribution in [-0.2, 0) is 11.3 Å². The Balaban J connectivity index is 1.45. The zero-order valence-electron chi connectivity index (χ0n) is 15.9. The molecule has 0 radical (unpaired) electrons. The van der Waals surface area contributed by atoms with Gasteiger partial charge in [-0.15, -0.1) is 0 Å². The summed E-state index contributed by atoms with van der Waals surface area (Å²) in [6.45, 7) is 3.66. The van der Waals surface area contributed by atoms with E-state index < -0.39 is 23.6 Å². The number of amides is 1. The Kier molecular flexibility index (Phi) is 7.18. The Morgan fingerprint density at radius 2 is 1.90 bits per heavy atom. The molecule has 1 N–H and O–H groups in total. The fourth-order valence-electron chi connectivity index (χ4n) is 3.26. The van der Waals surface area contributed by atoms with Crippen molar-refractivity contribution in [1.82, 2.24) is 10.2 Å². The molecule has 8 heteroatoms. The van der Waals surface area contributed by atoms with E-state index in [0.29, 0.717) is 16.8 Å². The molecule has 29 heavy (non-hydrogen) atoms. The van der Waals surface area contributed by atoms with Gasteiger partial charge in [-0.3, -0.25) is 9.69 Å². The molecular weight excluding hydrogens is 449 g/mol. The molecule has 156 valence electrons. The number of piperidine rings is 1. The molecule has 1 unspecified atom stereocenters. The van der Waals surface area contributed by atoms with Crippen molar-refractivity contribution in [3.8, 4) is 5.75 Å². The maximum Gasteiger partial charge on any atom is 0.260 e. The fourth-order valence-corrected chi connectivity index (χ4v) is 3.71. The summed E-state index contributed by atoms with van der Waals surface area (Å²) >= 11 is 3.22. The van der Waals surface area contributed by atoms with Crippen molar-refractivity contribution in [3.05, 3.63) is 63.9 Å². The Hall–Kier alpha value is -2.06. The van der Waals surface area contributed by atoms with Gasteiger partial charge in [-0.2, -0.15) is 0 Å². The minimum Gasteiger partial charge on any atom is -0.480 e. The number of hydrogen-bond acceptors (Lipinski definition) is 3. The number of likely N-dealkylation sites (tertiary alicyclic amines) is 1. The van der Waals surface area contributed by atoms with E-state index in [4.69, 9.17) is 4.74 Å². The second-order valence-corrected chi connectivity index (χ2v) is 8.00. The third-order valence-electron chi connectivity index (χ3n) is 4.89. The number of nitrogens with zero attached hydrogens (tertiary/aromatic N) is 1. The molecule has 1 fully saturated rings. The van der Waals surface area contributed by atoms with Crippen LogP contribution in [0.2, 0.25) is 0 Å². The predicted molar refractivity (Wildman–Crippen MR) is 107 cm³/mol. The molecule has 0 spiro atoms. The van der Waals surface area contributed by atoms with Crippen LogP contribution in [0.15, 0.2) is 40.9 Å². The third kappa shape index (κ3) is 5.96. The third-order valence-corrected chi connectivity index (χ3v) is 5.51. The van der Waals surface area contributed by atoms with Gasteiger partial charge >= 0.3 is 0 Å². The van der Waals surface area contributed by atoms with Crippen LogP contribution in [0.5, 0.6) is 5.75 Å². The Morgan fingerprint density at radius 1 is 1.17 bits per heavy atom. The molecule has 2 aromatic carbocycles. The zero-order chi connectivity index (χ0) is 21.0. The number of hydrogen-bond donors (Lipinski definition) is 1. The van der Waals surface area contributed by atoms with Gasteiger partial charge in [0.15, 0.2) is 17.7 Å². The van der Waals surface area contributed by atoms with Gasteiger partial charge < -0.3 is 10.1 Å². The lowest BCUT2D eigenvalue weighted by Gasteiger charge is -2.33. The average molecular weight is 471 g/mol. The topological polar surface area (TPSA) is 41.6 Å². The molecule has 2 aromatic rings. The number of carbonyl (C=O) groups is 1. The minimum atomic E-state index is -0.848. The van der Waals surface area contributed by atoms with Crippen LogP contribution in [0, 0.1) is 17.5 Å². The molecule has 1 atom stereocenters. The molecule has 4 nitrogen and oxygen atoms in total. The lowest BCUT2D eigenvalue weighted by atomic mass is 10.0. The van der Waals surface area contributed by atoms with Gasteiger partial charge in [0.2, 0.25) is 0 Å². The lowest BCUT2D eigenvalue weighted by molar-refractivity contribution is -0.128. The highest BCUT2D eigenvalue weighted by molar-refractivity contribution is 9.10. The van der Waals surface area contributed by atoms with Crippen molar-refractivity contribution in [2.24, 2.45) is 0 Å². The zero-order valence-corrected chi connectivity index (χ0v) is 17.5. The number of nitrogens with one attached hydrogen (secondary N) is 1. The first-order valence-electron chi connectivity index (χ1n) is 9.40. The van der Waals surface area contributed by atoms with Crippen molar-refractivity contribution >= 4 is 21.8 Å². The number of carbonyl (C=O) groups excluding carboxylic acids is 1. The van der Waals surface area contributed by atoms with Crippen LogP contribution in [0.25, 0.3) is 0 Å². The SMILES string of the molecule is CC(Oc1ccc(F)cc1Br)C(=O)NC1CCN(Cc2ccc(F)c(F)c2)CC1. The largest absolute Gasteiger partial charge is 0.480 e. The number of halogens is 4. The van der Waals surface area contributed by atoms with E-state index in [-0.39, 0.29) is 11.9 Å². The smallest absolute Gasteiger partial charge is 0.260 e. The van der Waals surface area contributed by atoms with Crippen LogP contribution in [-0.4, -0.2) is 36.0 Å². The molecule has 3 rings (SSSR count). The number of rotatable bonds is 6. The summed E-state index contributed by atoms with van der Waals surface area (Å²) < 4.78 is 45.6. The van der Waals surface area contributed by atoms with Gasteiger partial charge in [-0.1, -0.05) is 6.07 Å². The Labute approximate surface area is 176 Å². The van der Waals surface area contributed by atoms with E-state index in [1.807, 2.05) is 0 Å². The number of benzene rings is 2. The van der Waals surface area contributed by atoms with E-state index in [1.54, 1.807) is 13.0 Å². The van der Waals surface area contributed by atoms with Crippen molar-refractivity contribution in [3.63, 3.8) is 0 Å². The summed E-state index contributed by atoms with van der Waals surface area (Å²) in [6.07, 6.45) is 0.780. The summed E-state index contributed by atoms with van der Waals surface area (Å²) in [5.41, 5.74) is 0.721. The summed E-state index contributed by atoms with van der Waals surface area (Å²) in [7, 11) is 0. The lowest BCUT2D eigenvalue weighted by Crippen LogP contribution is -2.47. The van der Waals surface area contributed by atoms with Gasteiger partial charge in [0, 0.05) is 25.7 Å². The first-order valence-corrected chi connectivity index (χ1v) is 10.2. The van der Waals surface area contributed by atoms with Crippen LogP contribution < -0.4 is 10.1 Å². The highest BCUT2D eigenvalue weighted by Gasteiger charge is 2.24. The molecule has 0 aromatic heterocycles. The van der Waals surface area contributed by atoms with E-state index in [0.717, 1.165) is 37.6 Å². The Morgan fingerprint density at radius 3 is 2.55 bits per heavy atom. The van der Waals surface area contributed by atoms with E-state index in [9.17, 15) is 18.0 Å². The summed E-state index contributed by atoms with van der Waals surface area (Å²) in [5, 5.41) is 2.98.